The summed E-state index contributed by atoms with van der Waals surface area (Å²) in [6.07, 6.45) is 0.579. The molecule has 106 valence electrons. The predicted molar refractivity (Wildman–Crippen MR) is 73.3 cm³/mol. The molecule has 1 aromatic rings. The Hall–Kier alpha value is -1.42. The zero-order valence-corrected chi connectivity index (χ0v) is 11.7. The minimum Gasteiger partial charge on any atom is -0.487 e. The van der Waals surface area contributed by atoms with E-state index >= 15 is 0 Å². The SMILES string of the molecule is C=C(C)CCOc1c(F)cc(CNC(C)C)cc1F. The lowest BCUT2D eigenvalue weighted by Gasteiger charge is -2.12. The topological polar surface area (TPSA) is 21.3 Å². The van der Waals surface area contributed by atoms with Crippen molar-refractivity contribution < 1.29 is 13.5 Å². The number of halogens is 2. The van der Waals surface area contributed by atoms with Gasteiger partial charge in [0.15, 0.2) is 17.4 Å². The molecule has 0 bridgehead atoms. The van der Waals surface area contributed by atoms with Crippen LogP contribution in [0.3, 0.4) is 0 Å². The molecule has 0 fully saturated rings. The lowest BCUT2D eigenvalue weighted by atomic mass is 10.2. The van der Waals surface area contributed by atoms with E-state index in [0.29, 0.717) is 18.5 Å². The van der Waals surface area contributed by atoms with Crippen molar-refractivity contribution in [1.29, 1.82) is 0 Å². The molecule has 0 atom stereocenters. The van der Waals surface area contributed by atoms with E-state index in [0.717, 1.165) is 5.57 Å². The molecule has 0 aliphatic rings. The van der Waals surface area contributed by atoms with Crippen molar-refractivity contribution in [1.82, 2.24) is 5.32 Å². The molecule has 0 amide bonds. The Kier molecular flexibility index (Phi) is 5.96. The molecule has 0 spiro atoms. The van der Waals surface area contributed by atoms with Crippen molar-refractivity contribution in [3.05, 3.63) is 41.5 Å². The first-order valence-corrected chi connectivity index (χ1v) is 6.38. The van der Waals surface area contributed by atoms with Gasteiger partial charge in [-0.3, -0.25) is 0 Å². The van der Waals surface area contributed by atoms with Crippen LogP contribution in [0.1, 0.15) is 32.8 Å². The summed E-state index contributed by atoms with van der Waals surface area (Å²) in [7, 11) is 0. The maximum absolute atomic E-state index is 13.7. The zero-order valence-electron chi connectivity index (χ0n) is 11.7. The first-order valence-electron chi connectivity index (χ1n) is 6.38. The van der Waals surface area contributed by atoms with Crippen LogP contribution in [0.25, 0.3) is 0 Å². The molecule has 0 unspecified atom stereocenters. The van der Waals surface area contributed by atoms with E-state index in [9.17, 15) is 8.78 Å². The van der Waals surface area contributed by atoms with Crippen molar-refractivity contribution in [3.63, 3.8) is 0 Å². The van der Waals surface area contributed by atoms with Crippen LogP contribution in [0.4, 0.5) is 8.78 Å². The van der Waals surface area contributed by atoms with Crippen molar-refractivity contribution in [2.24, 2.45) is 0 Å². The predicted octanol–water partition coefficient (Wildman–Crippen LogP) is 3.81. The third-order valence-corrected chi connectivity index (χ3v) is 2.55. The number of nitrogens with one attached hydrogen (secondary N) is 1. The fourth-order valence-corrected chi connectivity index (χ4v) is 1.50. The minimum atomic E-state index is -0.665. The highest BCUT2D eigenvalue weighted by Gasteiger charge is 2.12. The van der Waals surface area contributed by atoms with Crippen LogP contribution in [0, 0.1) is 11.6 Å². The summed E-state index contributed by atoms with van der Waals surface area (Å²) in [6.45, 7) is 10.2. The molecular weight excluding hydrogens is 248 g/mol. The van der Waals surface area contributed by atoms with Crippen LogP contribution >= 0.6 is 0 Å². The van der Waals surface area contributed by atoms with Gasteiger partial charge < -0.3 is 10.1 Å². The Morgan fingerprint density at radius 2 is 1.89 bits per heavy atom. The summed E-state index contributed by atoms with van der Waals surface area (Å²) >= 11 is 0. The van der Waals surface area contributed by atoms with E-state index in [1.54, 1.807) is 0 Å². The van der Waals surface area contributed by atoms with Gasteiger partial charge in [0.25, 0.3) is 0 Å². The van der Waals surface area contributed by atoms with E-state index in [2.05, 4.69) is 11.9 Å². The molecular formula is C15H21F2NO. The summed E-state index contributed by atoms with van der Waals surface area (Å²) in [5, 5.41) is 3.11. The van der Waals surface area contributed by atoms with Gasteiger partial charge in [0, 0.05) is 19.0 Å². The van der Waals surface area contributed by atoms with Gasteiger partial charge in [-0.1, -0.05) is 19.4 Å². The maximum Gasteiger partial charge on any atom is 0.190 e. The normalized spacial score (nSPS) is 10.8. The summed E-state index contributed by atoms with van der Waals surface area (Å²) in [5.41, 5.74) is 1.48. The van der Waals surface area contributed by atoms with Crippen LogP contribution in [0.5, 0.6) is 5.75 Å². The third kappa shape index (κ3) is 5.39. The highest BCUT2D eigenvalue weighted by molar-refractivity contribution is 5.31. The standard InChI is InChI=1S/C15H21F2NO/c1-10(2)5-6-19-15-13(16)7-12(8-14(15)17)9-18-11(3)4/h7-8,11,18H,1,5-6,9H2,2-4H3. The van der Waals surface area contributed by atoms with Gasteiger partial charge in [-0.15, -0.1) is 6.58 Å². The average Bonchev–Trinajstić information content (AvgIpc) is 2.29. The molecule has 0 saturated carbocycles. The van der Waals surface area contributed by atoms with Crippen molar-refractivity contribution >= 4 is 0 Å². The number of hydrogen-bond acceptors (Lipinski definition) is 2. The summed E-state index contributed by atoms with van der Waals surface area (Å²) in [6, 6.07) is 2.86. The lowest BCUT2D eigenvalue weighted by Crippen LogP contribution is -2.22. The molecule has 1 aromatic carbocycles. The van der Waals surface area contributed by atoms with Gasteiger partial charge in [-0.2, -0.15) is 0 Å². The Bertz CT molecular complexity index is 421. The number of ether oxygens (including phenoxy) is 1. The number of hydrogen-bond donors (Lipinski definition) is 1. The van der Waals surface area contributed by atoms with Gasteiger partial charge in [0.2, 0.25) is 0 Å². The molecule has 19 heavy (non-hydrogen) atoms. The van der Waals surface area contributed by atoms with E-state index in [-0.39, 0.29) is 18.4 Å². The van der Waals surface area contributed by atoms with E-state index in [1.807, 2.05) is 20.8 Å². The monoisotopic (exact) mass is 269 g/mol. The second-order valence-corrected chi connectivity index (χ2v) is 4.98. The molecule has 0 radical (unpaired) electrons. The minimum absolute atomic E-state index is 0.229. The second kappa shape index (κ2) is 7.24. The highest BCUT2D eigenvalue weighted by Crippen LogP contribution is 2.23. The quantitative estimate of drug-likeness (QED) is 0.760. The maximum atomic E-state index is 13.7. The van der Waals surface area contributed by atoms with Crippen molar-refractivity contribution in [2.75, 3.05) is 6.61 Å². The number of benzene rings is 1. The Balaban J connectivity index is 2.71. The molecule has 0 aromatic heterocycles. The zero-order chi connectivity index (χ0) is 14.4. The summed E-state index contributed by atoms with van der Waals surface area (Å²) < 4.78 is 32.6. The molecule has 0 heterocycles. The van der Waals surface area contributed by atoms with Crippen LogP contribution in [0.15, 0.2) is 24.3 Å². The van der Waals surface area contributed by atoms with E-state index < -0.39 is 11.6 Å². The fourth-order valence-electron chi connectivity index (χ4n) is 1.50. The molecule has 1 N–H and O–H groups in total. The first-order chi connectivity index (χ1) is 8.90. The van der Waals surface area contributed by atoms with Crippen molar-refractivity contribution in [3.8, 4) is 5.75 Å². The average molecular weight is 269 g/mol. The Morgan fingerprint density at radius 3 is 2.37 bits per heavy atom. The molecule has 0 aliphatic carbocycles. The third-order valence-electron chi connectivity index (χ3n) is 2.55. The fraction of sp³-hybridized carbons (Fsp3) is 0.467. The van der Waals surface area contributed by atoms with Crippen LogP contribution in [0.2, 0.25) is 0 Å². The van der Waals surface area contributed by atoms with E-state index in [4.69, 9.17) is 4.74 Å². The first kappa shape index (κ1) is 15.6. The smallest absolute Gasteiger partial charge is 0.190 e. The Labute approximate surface area is 113 Å². The molecule has 1 rings (SSSR count). The number of rotatable bonds is 7. The van der Waals surface area contributed by atoms with Gasteiger partial charge in [0.05, 0.1) is 6.61 Å². The van der Waals surface area contributed by atoms with Gasteiger partial charge in [0.1, 0.15) is 0 Å². The van der Waals surface area contributed by atoms with Crippen LogP contribution < -0.4 is 10.1 Å². The highest BCUT2D eigenvalue weighted by atomic mass is 19.1. The Morgan fingerprint density at radius 1 is 1.32 bits per heavy atom. The largest absolute Gasteiger partial charge is 0.487 e. The molecule has 2 nitrogen and oxygen atoms in total. The van der Waals surface area contributed by atoms with Crippen molar-refractivity contribution in [2.45, 2.75) is 39.8 Å². The van der Waals surface area contributed by atoms with Gasteiger partial charge in [-0.05, 0) is 24.6 Å². The second-order valence-electron chi connectivity index (χ2n) is 4.98. The molecule has 4 heteroatoms. The molecule has 0 saturated heterocycles. The van der Waals surface area contributed by atoms with Crippen LogP contribution in [-0.4, -0.2) is 12.6 Å². The summed E-state index contributed by atoms with van der Waals surface area (Å²) in [4.78, 5) is 0. The van der Waals surface area contributed by atoms with Gasteiger partial charge >= 0.3 is 0 Å². The lowest BCUT2D eigenvalue weighted by molar-refractivity contribution is 0.288. The van der Waals surface area contributed by atoms with Crippen LogP contribution in [-0.2, 0) is 6.54 Å². The van der Waals surface area contributed by atoms with Gasteiger partial charge in [-0.25, -0.2) is 8.78 Å². The van der Waals surface area contributed by atoms with E-state index in [1.165, 1.54) is 12.1 Å². The summed E-state index contributed by atoms with van der Waals surface area (Å²) in [5.74, 6) is -1.64. The molecule has 0 aliphatic heterocycles.